The summed E-state index contributed by atoms with van der Waals surface area (Å²) in [5, 5.41) is 20.0. The average molecular weight is 207 g/mol. The van der Waals surface area contributed by atoms with Gasteiger partial charge in [-0.15, -0.1) is 0 Å². The summed E-state index contributed by atoms with van der Waals surface area (Å²) in [4.78, 5) is 10.0. The Balaban J connectivity index is 3.05. The third-order valence-electron chi connectivity index (χ3n) is 1.88. The van der Waals surface area contributed by atoms with Crippen molar-refractivity contribution in [2.75, 3.05) is 0 Å². The lowest BCUT2D eigenvalue weighted by atomic mass is 10.1. The van der Waals surface area contributed by atoms with Gasteiger partial charge >= 0.3 is 0 Å². The van der Waals surface area contributed by atoms with Crippen LogP contribution in [-0.2, 0) is 0 Å². The molecule has 1 aromatic carbocycles. The zero-order chi connectivity index (χ0) is 11.4. The van der Waals surface area contributed by atoms with Crippen LogP contribution < -0.4 is 0 Å². The largest absolute Gasteiger partial charge is 0.507 e. The minimum atomic E-state index is -0.480. The van der Waals surface area contributed by atoms with Crippen molar-refractivity contribution in [3.8, 4) is 5.75 Å². The normalized spacial score (nSPS) is 11.1. The maximum Gasteiger partial charge on any atom is 0.270 e. The second-order valence-electron chi connectivity index (χ2n) is 3.60. The lowest BCUT2D eigenvalue weighted by Crippen LogP contribution is -1.88. The Bertz CT molecular complexity index is 397. The first kappa shape index (κ1) is 11.2. The molecule has 0 unspecified atom stereocenters. The number of nitro benzene ring substituents is 1. The first-order valence-electron chi connectivity index (χ1n) is 4.66. The smallest absolute Gasteiger partial charge is 0.270 e. The van der Waals surface area contributed by atoms with E-state index in [9.17, 15) is 15.2 Å². The Morgan fingerprint density at radius 2 is 2.13 bits per heavy atom. The van der Waals surface area contributed by atoms with Crippen LogP contribution in [0.15, 0.2) is 24.3 Å². The van der Waals surface area contributed by atoms with Gasteiger partial charge in [0.25, 0.3) is 5.69 Å². The molecular weight excluding hydrogens is 194 g/mol. The maximum absolute atomic E-state index is 10.5. The zero-order valence-electron chi connectivity index (χ0n) is 8.68. The molecule has 0 aliphatic heterocycles. The van der Waals surface area contributed by atoms with E-state index in [0.717, 1.165) is 0 Å². The van der Waals surface area contributed by atoms with Crippen molar-refractivity contribution in [3.63, 3.8) is 0 Å². The van der Waals surface area contributed by atoms with Crippen molar-refractivity contribution >= 4 is 11.8 Å². The molecule has 0 fully saturated rings. The first-order valence-corrected chi connectivity index (χ1v) is 4.66. The van der Waals surface area contributed by atoms with Gasteiger partial charge in [0.05, 0.1) is 4.92 Å². The number of hydrogen-bond donors (Lipinski definition) is 1. The molecule has 0 saturated carbocycles. The number of nitrogens with zero attached hydrogens (tertiary/aromatic N) is 1. The second-order valence-corrected chi connectivity index (χ2v) is 3.60. The van der Waals surface area contributed by atoms with Crippen LogP contribution in [0.2, 0.25) is 0 Å². The second kappa shape index (κ2) is 4.59. The van der Waals surface area contributed by atoms with Crippen LogP contribution >= 0.6 is 0 Å². The molecule has 0 spiro atoms. The highest BCUT2D eigenvalue weighted by atomic mass is 16.6. The number of hydrogen-bond acceptors (Lipinski definition) is 3. The van der Waals surface area contributed by atoms with E-state index < -0.39 is 4.92 Å². The predicted octanol–water partition coefficient (Wildman–Crippen LogP) is 2.97. The van der Waals surface area contributed by atoms with Crippen molar-refractivity contribution in [2.24, 2.45) is 5.92 Å². The number of phenolic OH excluding ortho intramolecular Hbond substituents is 1. The van der Waals surface area contributed by atoms with Gasteiger partial charge in [-0.3, -0.25) is 10.1 Å². The highest BCUT2D eigenvalue weighted by molar-refractivity contribution is 5.60. The van der Waals surface area contributed by atoms with Gasteiger partial charge in [0, 0.05) is 17.7 Å². The van der Waals surface area contributed by atoms with Crippen LogP contribution in [0.3, 0.4) is 0 Å². The van der Waals surface area contributed by atoms with Crippen LogP contribution in [0, 0.1) is 16.0 Å². The number of non-ortho nitro benzene ring substituents is 1. The summed E-state index contributed by atoms with van der Waals surface area (Å²) in [5.74, 6) is 0.390. The summed E-state index contributed by atoms with van der Waals surface area (Å²) in [7, 11) is 0. The topological polar surface area (TPSA) is 63.4 Å². The summed E-state index contributed by atoms with van der Waals surface area (Å²) in [5.41, 5.74) is 0.453. The molecule has 0 heterocycles. The Kier molecular flexibility index (Phi) is 3.44. The molecule has 0 saturated heterocycles. The van der Waals surface area contributed by atoms with Crippen molar-refractivity contribution in [3.05, 3.63) is 40.0 Å². The summed E-state index contributed by atoms with van der Waals surface area (Å²) in [6, 6.07) is 3.97. The fourth-order valence-corrected chi connectivity index (χ4v) is 1.09. The Morgan fingerprint density at radius 3 is 2.67 bits per heavy atom. The van der Waals surface area contributed by atoms with Gasteiger partial charge in [-0.05, 0) is 12.0 Å². The standard InChI is InChI=1S/C11H13NO3/c1-8(2)3-4-9-7-10(12(14)15)5-6-11(9)13/h3-8,13H,1-2H3/b4-3-. The molecule has 0 atom stereocenters. The Morgan fingerprint density at radius 1 is 1.47 bits per heavy atom. The highest BCUT2D eigenvalue weighted by Crippen LogP contribution is 2.24. The van der Waals surface area contributed by atoms with Gasteiger partial charge in [-0.25, -0.2) is 0 Å². The minimum Gasteiger partial charge on any atom is -0.507 e. The van der Waals surface area contributed by atoms with Gasteiger partial charge in [0.1, 0.15) is 5.75 Å². The third-order valence-corrected chi connectivity index (χ3v) is 1.88. The van der Waals surface area contributed by atoms with E-state index in [2.05, 4.69) is 0 Å². The number of allylic oxidation sites excluding steroid dienone is 1. The van der Waals surface area contributed by atoms with Crippen LogP contribution in [-0.4, -0.2) is 10.0 Å². The van der Waals surface area contributed by atoms with Crippen LogP contribution in [0.25, 0.3) is 6.08 Å². The lowest BCUT2D eigenvalue weighted by molar-refractivity contribution is -0.384. The summed E-state index contributed by atoms with van der Waals surface area (Å²) in [6.07, 6.45) is 3.56. The molecule has 1 N–H and O–H groups in total. The quantitative estimate of drug-likeness (QED) is 0.612. The molecule has 80 valence electrons. The van der Waals surface area contributed by atoms with E-state index >= 15 is 0 Å². The fraction of sp³-hybridized carbons (Fsp3) is 0.273. The molecule has 4 nitrogen and oxygen atoms in total. The molecule has 0 aromatic heterocycles. The Labute approximate surface area is 88.0 Å². The van der Waals surface area contributed by atoms with Crippen LogP contribution in [0.5, 0.6) is 5.75 Å². The Hall–Kier alpha value is -1.84. The van der Waals surface area contributed by atoms with Gasteiger partial charge in [-0.2, -0.15) is 0 Å². The van der Waals surface area contributed by atoms with E-state index in [-0.39, 0.29) is 11.4 Å². The van der Waals surface area contributed by atoms with Crippen molar-refractivity contribution < 1.29 is 10.0 Å². The number of rotatable bonds is 3. The molecule has 0 radical (unpaired) electrons. The van der Waals surface area contributed by atoms with Gasteiger partial charge in [0.15, 0.2) is 0 Å². The van der Waals surface area contributed by atoms with Crippen LogP contribution in [0.4, 0.5) is 5.69 Å². The molecule has 4 heteroatoms. The molecule has 0 amide bonds. The first-order chi connectivity index (χ1) is 7.00. The number of phenols is 1. The average Bonchev–Trinajstić information content (AvgIpc) is 2.16. The van der Waals surface area contributed by atoms with Gasteiger partial charge in [-0.1, -0.05) is 26.0 Å². The molecule has 0 aliphatic carbocycles. The molecule has 0 aliphatic rings. The zero-order valence-corrected chi connectivity index (χ0v) is 8.68. The third kappa shape index (κ3) is 3.09. The van der Waals surface area contributed by atoms with Gasteiger partial charge < -0.3 is 5.11 Å². The summed E-state index contributed by atoms with van der Waals surface area (Å²) in [6.45, 7) is 3.98. The van der Waals surface area contributed by atoms with E-state index in [1.54, 1.807) is 6.08 Å². The molecule has 1 aromatic rings. The number of nitro groups is 1. The maximum atomic E-state index is 10.5. The minimum absolute atomic E-state index is 0.0174. The summed E-state index contributed by atoms with van der Waals surface area (Å²) < 4.78 is 0. The molecular formula is C11H13NO3. The van der Waals surface area contributed by atoms with Crippen molar-refractivity contribution in [2.45, 2.75) is 13.8 Å². The lowest BCUT2D eigenvalue weighted by Gasteiger charge is -1.99. The number of aromatic hydroxyl groups is 1. The van der Waals surface area contributed by atoms with E-state index in [1.807, 2.05) is 19.9 Å². The number of benzene rings is 1. The van der Waals surface area contributed by atoms with E-state index in [1.165, 1.54) is 18.2 Å². The monoisotopic (exact) mass is 207 g/mol. The molecule has 0 bridgehead atoms. The highest BCUT2D eigenvalue weighted by Gasteiger charge is 2.07. The van der Waals surface area contributed by atoms with E-state index in [0.29, 0.717) is 11.5 Å². The fourth-order valence-electron chi connectivity index (χ4n) is 1.09. The molecule has 1 rings (SSSR count). The van der Waals surface area contributed by atoms with Crippen molar-refractivity contribution in [1.29, 1.82) is 0 Å². The SMILES string of the molecule is CC(C)/C=C\c1cc([N+](=O)[O-])ccc1O. The van der Waals surface area contributed by atoms with E-state index in [4.69, 9.17) is 0 Å². The predicted molar refractivity (Wildman–Crippen MR) is 58.6 cm³/mol. The molecule has 15 heavy (non-hydrogen) atoms. The van der Waals surface area contributed by atoms with Crippen molar-refractivity contribution in [1.82, 2.24) is 0 Å². The van der Waals surface area contributed by atoms with Crippen LogP contribution in [0.1, 0.15) is 19.4 Å². The summed E-state index contributed by atoms with van der Waals surface area (Å²) >= 11 is 0. The van der Waals surface area contributed by atoms with Gasteiger partial charge in [0.2, 0.25) is 0 Å².